The van der Waals surface area contributed by atoms with Crippen LogP contribution in [-0.4, -0.2) is 13.1 Å². The summed E-state index contributed by atoms with van der Waals surface area (Å²) in [6, 6.07) is 8.00. The number of fused-ring (bicyclic) bond motifs is 1. The van der Waals surface area contributed by atoms with Crippen molar-refractivity contribution in [3.05, 3.63) is 33.8 Å². The SMILES string of the molecule is Nc1c(N2CCCC2)c2ccccc2sc1=O. The molecule has 88 valence electrons. The van der Waals surface area contributed by atoms with Gasteiger partial charge in [0.2, 0.25) is 0 Å². The first kappa shape index (κ1) is 10.6. The Balaban J connectivity index is 2.32. The fraction of sp³-hybridized carbons (Fsp3) is 0.308. The lowest BCUT2D eigenvalue weighted by Gasteiger charge is -2.21. The average molecular weight is 246 g/mol. The van der Waals surface area contributed by atoms with Gasteiger partial charge in [-0.1, -0.05) is 29.5 Å². The summed E-state index contributed by atoms with van der Waals surface area (Å²) in [6.45, 7) is 2.00. The number of nitrogens with two attached hydrogens (primary N) is 1. The first-order valence-electron chi connectivity index (χ1n) is 5.83. The molecule has 0 saturated carbocycles. The van der Waals surface area contributed by atoms with E-state index in [4.69, 9.17) is 5.73 Å². The fourth-order valence-electron chi connectivity index (χ4n) is 2.43. The molecule has 0 aliphatic carbocycles. The van der Waals surface area contributed by atoms with Gasteiger partial charge in [-0.05, 0) is 18.9 Å². The molecule has 3 nitrogen and oxygen atoms in total. The van der Waals surface area contributed by atoms with Gasteiger partial charge in [0.15, 0.2) is 0 Å². The standard InChI is InChI=1S/C13H14N2OS/c14-11-12(15-7-3-4-8-15)9-5-1-2-6-10(9)17-13(11)16/h1-2,5-6H,3-4,7-8,14H2. The Morgan fingerprint density at radius 1 is 1.18 bits per heavy atom. The highest BCUT2D eigenvalue weighted by Gasteiger charge is 2.19. The first-order chi connectivity index (χ1) is 8.27. The van der Waals surface area contributed by atoms with Crippen LogP contribution in [0.25, 0.3) is 10.1 Å². The van der Waals surface area contributed by atoms with Crippen molar-refractivity contribution in [1.82, 2.24) is 0 Å². The first-order valence-corrected chi connectivity index (χ1v) is 6.65. The van der Waals surface area contributed by atoms with Crippen LogP contribution in [0.5, 0.6) is 0 Å². The van der Waals surface area contributed by atoms with Gasteiger partial charge < -0.3 is 10.6 Å². The summed E-state index contributed by atoms with van der Waals surface area (Å²) in [5.74, 6) is 0. The number of nitrogen functional groups attached to an aromatic ring is 1. The summed E-state index contributed by atoms with van der Waals surface area (Å²) in [5.41, 5.74) is 7.34. The Hall–Kier alpha value is -1.55. The smallest absolute Gasteiger partial charge is 0.257 e. The second kappa shape index (κ2) is 4.04. The van der Waals surface area contributed by atoms with Crippen molar-refractivity contribution in [1.29, 1.82) is 0 Å². The van der Waals surface area contributed by atoms with Gasteiger partial charge in [-0.2, -0.15) is 0 Å². The van der Waals surface area contributed by atoms with Gasteiger partial charge in [0.05, 0.1) is 5.69 Å². The molecular weight excluding hydrogens is 232 g/mol. The fourth-order valence-corrected chi connectivity index (χ4v) is 3.26. The van der Waals surface area contributed by atoms with Crippen molar-refractivity contribution in [3.63, 3.8) is 0 Å². The van der Waals surface area contributed by atoms with E-state index in [0.29, 0.717) is 5.69 Å². The number of nitrogens with zero attached hydrogens (tertiary/aromatic N) is 1. The molecule has 1 aliphatic heterocycles. The highest BCUT2D eigenvalue weighted by molar-refractivity contribution is 7.16. The van der Waals surface area contributed by atoms with Crippen LogP contribution in [0, 0.1) is 0 Å². The molecule has 17 heavy (non-hydrogen) atoms. The Kier molecular flexibility index (Phi) is 2.52. The van der Waals surface area contributed by atoms with Gasteiger partial charge in [0, 0.05) is 23.2 Å². The summed E-state index contributed by atoms with van der Waals surface area (Å²) in [6.07, 6.45) is 2.36. The average Bonchev–Trinajstić information content (AvgIpc) is 2.84. The quantitative estimate of drug-likeness (QED) is 0.840. The maximum absolute atomic E-state index is 11.9. The zero-order valence-electron chi connectivity index (χ0n) is 9.48. The van der Waals surface area contributed by atoms with Gasteiger partial charge in [-0.15, -0.1) is 0 Å². The monoisotopic (exact) mass is 246 g/mol. The van der Waals surface area contributed by atoms with Crippen LogP contribution in [0.1, 0.15) is 12.8 Å². The molecule has 3 rings (SSSR count). The zero-order chi connectivity index (χ0) is 11.8. The molecule has 0 atom stereocenters. The van der Waals surface area contributed by atoms with Gasteiger partial charge in [-0.25, -0.2) is 0 Å². The summed E-state index contributed by atoms with van der Waals surface area (Å²) in [4.78, 5) is 14.1. The molecule has 1 aliphatic rings. The van der Waals surface area contributed by atoms with E-state index >= 15 is 0 Å². The van der Waals surface area contributed by atoms with Gasteiger partial charge in [0.1, 0.15) is 5.69 Å². The highest BCUT2D eigenvalue weighted by Crippen LogP contribution is 2.34. The number of rotatable bonds is 1. The molecule has 0 amide bonds. The van der Waals surface area contributed by atoms with Crippen molar-refractivity contribution < 1.29 is 0 Å². The van der Waals surface area contributed by atoms with Crippen LogP contribution in [-0.2, 0) is 0 Å². The predicted octanol–water partition coefficient (Wildman–Crippen LogP) is 2.44. The van der Waals surface area contributed by atoms with Gasteiger partial charge in [-0.3, -0.25) is 4.79 Å². The third-order valence-corrected chi connectivity index (χ3v) is 4.22. The van der Waals surface area contributed by atoms with E-state index in [9.17, 15) is 4.79 Å². The predicted molar refractivity (Wildman–Crippen MR) is 74.0 cm³/mol. The summed E-state index contributed by atoms with van der Waals surface area (Å²) >= 11 is 1.23. The zero-order valence-corrected chi connectivity index (χ0v) is 10.3. The molecule has 4 heteroatoms. The molecule has 1 aromatic carbocycles. The van der Waals surface area contributed by atoms with E-state index in [-0.39, 0.29) is 4.74 Å². The highest BCUT2D eigenvalue weighted by atomic mass is 32.1. The van der Waals surface area contributed by atoms with Gasteiger partial charge >= 0.3 is 0 Å². The van der Waals surface area contributed by atoms with Crippen LogP contribution in [0.3, 0.4) is 0 Å². The minimum Gasteiger partial charge on any atom is -0.393 e. The van der Waals surface area contributed by atoms with Crippen molar-refractivity contribution in [3.8, 4) is 0 Å². The molecular formula is C13H14N2OS. The molecule has 2 aromatic rings. The van der Waals surface area contributed by atoms with Crippen molar-refractivity contribution in [2.24, 2.45) is 0 Å². The molecule has 2 heterocycles. The minimum atomic E-state index is -0.0226. The maximum Gasteiger partial charge on any atom is 0.257 e. The summed E-state index contributed by atoms with van der Waals surface area (Å²) in [5, 5.41) is 1.11. The van der Waals surface area contributed by atoms with E-state index in [1.807, 2.05) is 18.2 Å². The summed E-state index contributed by atoms with van der Waals surface area (Å²) in [7, 11) is 0. The van der Waals surface area contributed by atoms with E-state index in [2.05, 4.69) is 11.0 Å². The number of hydrogen-bond donors (Lipinski definition) is 1. The van der Waals surface area contributed by atoms with Crippen molar-refractivity contribution >= 4 is 32.8 Å². The molecule has 1 saturated heterocycles. The van der Waals surface area contributed by atoms with E-state index < -0.39 is 0 Å². The maximum atomic E-state index is 11.9. The van der Waals surface area contributed by atoms with Crippen LogP contribution in [0.4, 0.5) is 11.4 Å². The lowest BCUT2D eigenvalue weighted by molar-refractivity contribution is 0.949. The number of anilines is 2. The van der Waals surface area contributed by atoms with Gasteiger partial charge in [0.25, 0.3) is 4.74 Å². The lowest BCUT2D eigenvalue weighted by atomic mass is 10.2. The van der Waals surface area contributed by atoms with E-state index in [1.54, 1.807) is 0 Å². The van der Waals surface area contributed by atoms with Crippen LogP contribution in [0.15, 0.2) is 29.1 Å². The Morgan fingerprint density at radius 3 is 2.65 bits per heavy atom. The van der Waals surface area contributed by atoms with Crippen LogP contribution in [0.2, 0.25) is 0 Å². The lowest BCUT2D eigenvalue weighted by Crippen LogP contribution is -2.22. The Bertz CT molecular complexity index is 614. The molecule has 2 N–H and O–H groups in total. The van der Waals surface area contributed by atoms with Crippen molar-refractivity contribution in [2.45, 2.75) is 12.8 Å². The van der Waals surface area contributed by atoms with E-state index in [0.717, 1.165) is 28.9 Å². The summed E-state index contributed by atoms with van der Waals surface area (Å²) < 4.78 is 0.999. The third-order valence-electron chi connectivity index (χ3n) is 3.24. The molecule has 1 fully saturated rings. The molecule has 0 radical (unpaired) electrons. The Labute approximate surface area is 103 Å². The normalized spacial score (nSPS) is 15.6. The Morgan fingerprint density at radius 2 is 1.88 bits per heavy atom. The van der Waals surface area contributed by atoms with Crippen LogP contribution < -0.4 is 15.4 Å². The largest absolute Gasteiger partial charge is 0.393 e. The minimum absolute atomic E-state index is 0.0226. The molecule has 0 unspecified atom stereocenters. The van der Waals surface area contributed by atoms with E-state index in [1.165, 1.54) is 24.2 Å². The third kappa shape index (κ3) is 1.69. The molecule has 1 aromatic heterocycles. The second-order valence-corrected chi connectivity index (χ2v) is 5.36. The molecule has 0 bridgehead atoms. The second-order valence-electron chi connectivity index (χ2n) is 4.34. The van der Waals surface area contributed by atoms with Crippen LogP contribution >= 0.6 is 11.3 Å². The number of hydrogen-bond acceptors (Lipinski definition) is 4. The number of benzene rings is 1. The molecule has 0 spiro atoms. The van der Waals surface area contributed by atoms with Crippen molar-refractivity contribution in [2.75, 3.05) is 23.7 Å². The topological polar surface area (TPSA) is 46.3 Å².